The number of phenols is 1. The Kier molecular flexibility index (Phi) is 7.75. The lowest BCUT2D eigenvalue weighted by Gasteiger charge is -2.36. The van der Waals surface area contributed by atoms with Crippen LogP contribution in [-0.2, 0) is 17.4 Å². The fraction of sp³-hybridized carbons (Fsp3) is 0.241. The topological polar surface area (TPSA) is 120 Å². The van der Waals surface area contributed by atoms with E-state index in [9.17, 15) is 33.0 Å². The monoisotopic (exact) mass is 566 g/mol. The van der Waals surface area contributed by atoms with Gasteiger partial charge in [0.1, 0.15) is 11.6 Å². The highest BCUT2D eigenvalue weighted by Crippen LogP contribution is 2.35. The maximum Gasteiger partial charge on any atom is 0.437 e. The summed E-state index contributed by atoms with van der Waals surface area (Å²) in [7, 11) is 0. The number of oxazole rings is 1. The number of hydrogen-bond donors (Lipinski definition) is 2. The number of aliphatic hydroxyl groups excluding tert-OH is 1. The number of halogens is 3. The molecule has 5 rings (SSSR count). The Morgan fingerprint density at radius 3 is 2.24 bits per heavy atom. The summed E-state index contributed by atoms with van der Waals surface area (Å²) in [6, 6.07) is 17.1. The molecule has 41 heavy (non-hydrogen) atoms. The van der Waals surface area contributed by atoms with Gasteiger partial charge in [0.15, 0.2) is 11.8 Å². The van der Waals surface area contributed by atoms with Gasteiger partial charge in [-0.05, 0) is 41.5 Å². The lowest BCUT2D eigenvalue weighted by atomic mass is 10.1. The van der Waals surface area contributed by atoms with Gasteiger partial charge in [-0.3, -0.25) is 9.59 Å². The second-order valence-electron chi connectivity index (χ2n) is 9.49. The molecule has 2 aromatic heterocycles. The Balaban J connectivity index is 1.21. The first kappa shape index (κ1) is 27.8. The molecule has 12 heteroatoms. The summed E-state index contributed by atoms with van der Waals surface area (Å²) in [6.45, 7) is 1.56. The van der Waals surface area contributed by atoms with E-state index in [2.05, 4.69) is 9.97 Å². The lowest BCUT2D eigenvalue weighted by Crippen LogP contribution is -2.50. The van der Waals surface area contributed by atoms with Crippen LogP contribution in [-0.4, -0.2) is 63.0 Å². The highest BCUT2D eigenvalue weighted by atomic mass is 19.4. The fourth-order valence-corrected chi connectivity index (χ4v) is 4.51. The summed E-state index contributed by atoms with van der Waals surface area (Å²) in [5.41, 5.74) is -0.269. The summed E-state index contributed by atoms with van der Waals surface area (Å²) < 4.78 is 46.1. The molecule has 1 aliphatic rings. The minimum Gasteiger partial charge on any atom is -0.508 e. The first-order valence-electron chi connectivity index (χ1n) is 12.7. The van der Waals surface area contributed by atoms with E-state index in [-0.39, 0.29) is 18.1 Å². The molecule has 9 nitrogen and oxygen atoms in total. The van der Waals surface area contributed by atoms with E-state index >= 15 is 0 Å². The third-order valence-corrected chi connectivity index (χ3v) is 6.70. The van der Waals surface area contributed by atoms with Crippen molar-refractivity contribution in [3.63, 3.8) is 0 Å². The summed E-state index contributed by atoms with van der Waals surface area (Å²) in [4.78, 5) is 36.9. The van der Waals surface area contributed by atoms with Crippen molar-refractivity contribution in [3.8, 4) is 17.2 Å². The molecule has 0 aliphatic carbocycles. The van der Waals surface area contributed by atoms with Gasteiger partial charge in [-0.1, -0.05) is 36.4 Å². The van der Waals surface area contributed by atoms with Crippen LogP contribution in [0.5, 0.6) is 5.75 Å². The predicted molar refractivity (Wildman–Crippen MR) is 141 cm³/mol. The van der Waals surface area contributed by atoms with E-state index in [4.69, 9.17) is 4.42 Å². The molecule has 0 radical (unpaired) electrons. The van der Waals surface area contributed by atoms with Gasteiger partial charge in [0.25, 0.3) is 5.91 Å². The number of ketones is 1. The molecule has 1 fully saturated rings. The van der Waals surface area contributed by atoms with E-state index in [1.165, 1.54) is 42.6 Å². The molecule has 1 saturated heterocycles. The van der Waals surface area contributed by atoms with Crippen molar-refractivity contribution in [3.05, 3.63) is 95.5 Å². The Morgan fingerprint density at radius 2 is 1.63 bits per heavy atom. The van der Waals surface area contributed by atoms with Crippen LogP contribution < -0.4 is 4.90 Å². The average molecular weight is 567 g/mol. The molecule has 4 aromatic rings. The Hall–Kier alpha value is -4.71. The van der Waals surface area contributed by atoms with E-state index < -0.39 is 35.4 Å². The van der Waals surface area contributed by atoms with Crippen molar-refractivity contribution in [2.75, 3.05) is 31.1 Å². The smallest absolute Gasteiger partial charge is 0.437 e. The van der Waals surface area contributed by atoms with Crippen LogP contribution in [0.4, 0.5) is 19.0 Å². The van der Waals surface area contributed by atoms with Gasteiger partial charge in [-0.15, -0.1) is 0 Å². The number of rotatable bonds is 7. The number of carbonyl (C=O) groups excluding carboxylic acids is 2. The largest absolute Gasteiger partial charge is 0.508 e. The number of pyridine rings is 1. The number of amides is 1. The number of aromatic hydroxyl groups is 1. The summed E-state index contributed by atoms with van der Waals surface area (Å²) in [5.74, 6) is -1.85. The fourth-order valence-electron chi connectivity index (χ4n) is 4.51. The third-order valence-electron chi connectivity index (χ3n) is 6.70. The van der Waals surface area contributed by atoms with Gasteiger partial charge in [-0.2, -0.15) is 13.2 Å². The SMILES string of the molecule is O=C(Cc1ccc(N2CCN(C(=O)C(O)c3ccc(O)cc3)CC2)nc1)c1oc(-c2ccccc2)nc1C(F)(F)F. The number of nitrogens with zero attached hydrogens (tertiary/aromatic N) is 4. The van der Waals surface area contributed by atoms with Crippen molar-refractivity contribution < 1.29 is 37.4 Å². The second-order valence-corrected chi connectivity index (χ2v) is 9.49. The Morgan fingerprint density at radius 1 is 0.951 bits per heavy atom. The maximum atomic E-state index is 13.6. The van der Waals surface area contributed by atoms with Crippen molar-refractivity contribution in [2.45, 2.75) is 18.7 Å². The predicted octanol–water partition coefficient (Wildman–Crippen LogP) is 4.27. The number of aromatic nitrogens is 2. The van der Waals surface area contributed by atoms with Crippen LogP contribution in [0.25, 0.3) is 11.5 Å². The normalized spacial score (nSPS) is 14.6. The van der Waals surface area contributed by atoms with E-state index in [0.29, 0.717) is 48.7 Å². The molecule has 0 saturated carbocycles. The number of benzene rings is 2. The van der Waals surface area contributed by atoms with E-state index in [1.54, 1.807) is 35.2 Å². The molecule has 212 valence electrons. The van der Waals surface area contributed by atoms with Crippen molar-refractivity contribution in [2.24, 2.45) is 0 Å². The van der Waals surface area contributed by atoms with Crippen molar-refractivity contribution in [1.82, 2.24) is 14.9 Å². The molecular weight excluding hydrogens is 541 g/mol. The molecular formula is C29H25F3N4O5. The first-order valence-corrected chi connectivity index (χ1v) is 12.7. The number of phenolic OH excluding ortho intramolecular Hbond substituents is 1. The summed E-state index contributed by atoms with van der Waals surface area (Å²) in [5, 5.41) is 19.8. The number of carbonyl (C=O) groups is 2. The minimum atomic E-state index is -4.87. The summed E-state index contributed by atoms with van der Waals surface area (Å²) in [6.07, 6.45) is -5.16. The zero-order valence-corrected chi connectivity index (χ0v) is 21.6. The van der Waals surface area contributed by atoms with Gasteiger partial charge in [0.05, 0.1) is 0 Å². The quantitative estimate of drug-likeness (QED) is 0.319. The van der Waals surface area contributed by atoms with Crippen LogP contribution >= 0.6 is 0 Å². The van der Waals surface area contributed by atoms with Crippen molar-refractivity contribution in [1.29, 1.82) is 0 Å². The van der Waals surface area contributed by atoms with Gasteiger partial charge in [0, 0.05) is 44.4 Å². The van der Waals surface area contributed by atoms with Crippen LogP contribution in [0.15, 0.2) is 77.3 Å². The molecule has 2 N–H and O–H groups in total. The van der Waals surface area contributed by atoms with Crippen molar-refractivity contribution >= 4 is 17.5 Å². The van der Waals surface area contributed by atoms with Gasteiger partial charge in [0.2, 0.25) is 17.4 Å². The molecule has 1 aliphatic heterocycles. The van der Waals surface area contributed by atoms with Gasteiger partial charge >= 0.3 is 6.18 Å². The standard InChI is InChI=1S/C29H25F3N4O5/c30-29(31,32)26-25(41-27(34-26)20-4-2-1-3-5-20)22(38)16-18-6-11-23(33-17-18)35-12-14-36(15-13-35)28(40)24(39)19-7-9-21(37)10-8-19/h1-11,17,24,37,39H,12-16H2. The Bertz CT molecular complexity index is 1520. The molecule has 2 aromatic carbocycles. The maximum absolute atomic E-state index is 13.6. The zero-order valence-electron chi connectivity index (χ0n) is 21.6. The van der Waals surface area contributed by atoms with Gasteiger partial charge in [-0.25, -0.2) is 9.97 Å². The Labute approximate surface area is 232 Å². The van der Waals surface area contributed by atoms with Crippen LogP contribution in [0.1, 0.15) is 33.5 Å². The minimum absolute atomic E-state index is 0.0335. The van der Waals surface area contributed by atoms with Gasteiger partial charge < -0.3 is 24.4 Å². The highest BCUT2D eigenvalue weighted by Gasteiger charge is 2.41. The molecule has 0 spiro atoms. The van der Waals surface area contributed by atoms with E-state index in [1.807, 2.05) is 4.90 Å². The summed E-state index contributed by atoms with van der Waals surface area (Å²) >= 11 is 0. The van der Waals surface area contributed by atoms with Crippen LogP contribution in [0.2, 0.25) is 0 Å². The first-order chi connectivity index (χ1) is 19.6. The lowest BCUT2D eigenvalue weighted by molar-refractivity contribution is -0.142. The second kappa shape index (κ2) is 11.4. The number of Topliss-reactive ketones (excluding diaryl/α,β-unsaturated/α-hetero) is 1. The zero-order chi connectivity index (χ0) is 29.1. The highest BCUT2D eigenvalue weighted by molar-refractivity contribution is 5.96. The number of anilines is 1. The number of aliphatic hydroxyl groups is 1. The molecule has 1 amide bonds. The molecule has 3 heterocycles. The molecule has 1 unspecified atom stereocenters. The molecule has 1 atom stereocenters. The van der Waals surface area contributed by atoms with E-state index in [0.717, 1.165) is 0 Å². The van der Waals surface area contributed by atoms with Crippen LogP contribution in [0.3, 0.4) is 0 Å². The number of piperazine rings is 1. The molecule has 0 bridgehead atoms. The number of hydrogen-bond acceptors (Lipinski definition) is 8. The number of alkyl halides is 3. The average Bonchev–Trinajstić information content (AvgIpc) is 3.45. The third kappa shape index (κ3) is 6.22. The van der Waals surface area contributed by atoms with Crippen LogP contribution in [0, 0.1) is 0 Å².